The van der Waals surface area contributed by atoms with E-state index in [1.54, 1.807) is 42.5 Å². The molecule has 0 atom stereocenters. The number of benzene rings is 4. The zero-order chi connectivity index (χ0) is 29.5. The summed E-state index contributed by atoms with van der Waals surface area (Å²) in [6, 6.07) is 23.1. The van der Waals surface area contributed by atoms with Gasteiger partial charge in [0.25, 0.3) is 11.8 Å². The Bertz CT molecular complexity index is 1560. The second-order valence-corrected chi connectivity index (χ2v) is 10.2. The summed E-state index contributed by atoms with van der Waals surface area (Å²) < 4.78 is 41.3. The number of rotatable bonds is 8. The van der Waals surface area contributed by atoms with E-state index >= 15 is 0 Å². The standard InChI is InChI=1S/C33H31F3N4O2/c34-26-11-9-23(10-12-26)21-37-33(42)29-20-28(38-32(41)24-6-3-7-27(35)19-24)13-14-31(29)40-16-4-15-39(17-18-40)22-25-5-1-2-8-30(25)36/h1-3,5-14,19-20H,4,15-18,21-22H2,(H,37,42)(H,38,41). The minimum atomic E-state index is -0.524. The van der Waals surface area contributed by atoms with Crippen molar-refractivity contribution in [1.82, 2.24) is 10.2 Å². The molecule has 1 aliphatic rings. The predicted molar refractivity (Wildman–Crippen MR) is 157 cm³/mol. The van der Waals surface area contributed by atoms with Gasteiger partial charge in [-0.2, -0.15) is 0 Å². The maximum absolute atomic E-state index is 14.3. The number of nitrogens with zero attached hydrogens (tertiary/aromatic N) is 2. The Hall–Kier alpha value is -4.63. The van der Waals surface area contributed by atoms with Crippen molar-refractivity contribution >= 4 is 23.2 Å². The Morgan fingerprint density at radius 2 is 1.55 bits per heavy atom. The Morgan fingerprint density at radius 1 is 0.738 bits per heavy atom. The third-order valence-electron chi connectivity index (χ3n) is 7.23. The van der Waals surface area contributed by atoms with Crippen molar-refractivity contribution < 1.29 is 22.8 Å². The van der Waals surface area contributed by atoms with Gasteiger partial charge in [0, 0.05) is 61.8 Å². The quantitative estimate of drug-likeness (QED) is 0.272. The lowest BCUT2D eigenvalue weighted by Crippen LogP contribution is -2.33. The van der Waals surface area contributed by atoms with Gasteiger partial charge in [0.2, 0.25) is 0 Å². The summed E-state index contributed by atoms with van der Waals surface area (Å²) in [7, 11) is 0. The van der Waals surface area contributed by atoms with E-state index in [9.17, 15) is 22.8 Å². The Balaban J connectivity index is 1.35. The molecule has 1 fully saturated rings. The molecule has 4 aromatic rings. The van der Waals surface area contributed by atoms with E-state index in [0.717, 1.165) is 24.6 Å². The van der Waals surface area contributed by atoms with E-state index in [1.165, 1.54) is 36.4 Å². The average molecular weight is 573 g/mol. The first-order valence-electron chi connectivity index (χ1n) is 13.8. The molecule has 4 aromatic carbocycles. The summed E-state index contributed by atoms with van der Waals surface area (Å²) >= 11 is 0. The molecule has 6 nitrogen and oxygen atoms in total. The molecule has 0 spiro atoms. The van der Waals surface area contributed by atoms with Gasteiger partial charge in [-0.05, 0) is 66.6 Å². The van der Waals surface area contributed by atoms with Gasteiger partial charge in [-0.1, -0.05) is 36.4 Å². The lowest BCUT2D eigenvalue weighted by Gasteiger charge is -2.26. The summed E-state index contributed by atoms with van der Waals surface area (Å²) in [5.74, 6) is -1.97. The van der Waals surface area contributed by atoms with Gasteiger partial charge in [-0.25, -0.2) is 13.2 Å². The molecule has 0 bridgehead atoms. The number of hydrogen-bond donors (Lipinski definition) is 2. The van der Waals surface area contributed by atoms with Crippen molar-refractivity contribution in [3.8, 4) is 0 Å². The van der Waals surface area contributed by atoms with Gasteiger partial charge in [-0.3, -0.25) is 14.5 Å². The van der Waals surface area contributed by atoms with Crippen molar-refractivity contribution in [3.63, 3.8) is 0 Å². The van der Waals surface area contributed by atoms with E-state index < -0.39 is 11.7 Å². The molecule has 0 radical (unpaired) electrons. The third-order valence-corrected chi connectivity index (χ3v) is 7.23. The topological polar surface area (TPSA) is 64.7 Å². The summed E-state index contributed by atoms with van der Waals surface area (Å²) in [5, 5.41) is 5.65. The van der Waals surface area contributed by atoms with Gasteiger partial charge in [0.1, 0.15) is 17.5 Å². The van der Waals surface area contributed by atoms with E-state index in [1.807, 2.05) is 6.07 Å². The lowest BCUT2D eigenvalue weighted by atomic mass is 10.1. The van der Waals surface area contributed by atoms with Crippen LogP contribution in [0.1, 0.15) is 38.3 Å². The molecule has 2 N–H and O–H groups in total. The number of carbonyl (C=O) groups excluding carboxylic acids is 2. The number of anilines is 2. The summed E-state index contributed by atoms with van der Waals surface area (Å²) in [5.41, 5.74) is 2.98. The van der Waals surface area contributed by atoms with Crippen molar-refractivity contribution in [1.29, 1.82) is 0 Å². The predicted octanol–water partition coefficient (Wildman–Crippen LogP) is 6.00. The van der Waals surface area contributed by atoms with Crippen molar-refractivity contribution in [2.24, 2.45) is 0 Å². The van der Waals surface area contributed by atoms with Crippen LogP contribution in [0.3, 0.4) is 0 Å². The van der Waals surface area contributed by atoms with Crippen LogP contribution in [0, 0.1) is 17.5 Å². The Morgan fingerprint density at radius 3 is 2.33 bits per heavy atom. The van der Waals surface area contributed by atoms with Gasteiger partial charge < -0.3 is 15.5 Å². The molecule has 0 unspecified atom stereocenters. The zero-order valence-corrected chi connectivity index (χ0v) is 23.0. The first-order chi connectivity index (χ1) is 20.4. The highest BCUT2D eigenvalue weighted by atomic mass is 19.1. The molecule has 42 heavy (non-hydrogen) atoms. The van der Waals surface area contributed by atoms with E-state index in [2.05, 4.69) is 20.4 Å². The van der Waals surface area contributed by atoms with Gasteiger partial charge in [0.15, 0.2) is 0 Å². The highest BCUT2D eigenvalue weighted by Gasteiger charge is 2.22. The van der Waals surface area contributed by atoms with Crippen LogP contribution < -0.4 is 15.5 Å². The highest BCUT2D eigenvalue weighted by molar-refractivity contribution is 6.06. The molecular weight excluding hydrogens is 541 g/mol. The fourth-order valence-electron chi connectivity index (χ4n) is 5.02. The number of halogens is 3. The Labute approximate surface area is 242 Å². The molecule has 0 aromatic heterocycles. The van der Waals surface area contributed by atoms with Crippen LogP contribution >= 0.6 is 0 Å². The van der Waals surface area contributed by atoms with E-state index in [0.29, 0.717) is 48.7 Å². The number of nitrogens with one attached hydrogen (secondary N) is 2. The van der Waals surface area contributed by atoms with Gasteiger partial charge in [0.05, 0.1) is 5.56 Å². The fourth-order valence-corrected chi connectivity index (χ4v) is 5.02. The average Bonchev–Trinajstić information content (AvgIpc) is 3.23. The number of hydrogen-bond acceptors (Lipinski definition) is 4. The van der Waals surface area contributed by atoms with Crippen LogP contribution in [0.25, 0.3) is 0 Å². The summed E-state index contributed by atoms with van der Waals surface area (Å²) in [4.78, 5) is 30.6. The van der Waals surface area contributed by atoms with Crippen LogP contribution in [-0.2, 0) is 13.1 Å². The smallest absolute Gasteiger partial charge is 0.255 e. The maximum Gasteiger partial charge on any atom is 0.255 e. The normalized spacial score (nSPS) is 13.8. The first kappa shape index (κ1) is 28.9. The van der Waals surface area contributed by atoms with Gasteiger partial charge in [-0.15, -0.1) is 0 Å². The summed E-state index contributed by atoms with van der Waals surface area (Å²) in [6.45, 7) is 3.43. The van der Waals surface area contributed by atoms with Gasteiger partial charge >= 0.3 is 0 Å². The SMILES string of the molecule is O=C(Nc1ccc(N2CCCN(Cc3ccccc3F)CC2)c(C(=O)NCc2ccc(F)cc2)c1)c1cccc(F)c1. The van der Waals surface area contributed by atoms with E-state index in [4.69, 9.17) is 0 Å². The van der Waals surface area contributed by atoms with Crippen LogP contribution in [0.2, 0.25) is 0 Å². The zero-order valence-electron chi connectivity index (χ0n) is 23.0. The van der Waals surface area contributed by atoms with Crippen LogP contribution in [0.15, 0.2) is 91.0 Å². The first-order valence-corrected chi connectivity index (χ1v) is 13.8. The maximum atomic E-state index is 14.3. The lowest BCUT2D eigenvalue weighted by molar-refractivity contribution is 0.0950. The summed E-state index contributed by atoms with van der Waals surface area (Å²) in [6.07, 6.45) is 0.809. The van der Waals surface area contributed by atoms with Crippen LogP contribution in [0.5, 0.6) is 0 Å². The second kappa shape index (κ2) is 13.4. The van der Waals surface area contributed by atoms with Crippen LogP contribution in [-0.4, -0.2) is 42.9 Å². The van der Waals surface area contributed by atoms with Crippen molar-refractivity contribution in [2.75, 3.05) is 36.4 Å². The molecule has 2 amide bonds. The molecule has 1 aliphatic heterocycles. The van der Waals surface area contributed by atoms with Crippen molar-refractivity contribution in [2.45, 2.75) is 19.5 Å². The second-order valence-electron chi connectivity index (χ2n) is 10.2. The molecule has 9 heteroatoms. The fraction of sp³-hybridized carbons (Fsp3) is 0.212. The monoisotopic (exact) mass is 572 g/mol. The largest absolute Gasteiger partial charge is 0.370 e. The number of amides is 2. The molecular formula is C33H31F3N4O2. The minimum absolute atomic E-state index is 0.156. The molecule has 0 aliphatic carbocycles. The molecule has 1 saturated heterocycles. The molecule has 216 valence electrons. The molecule has 5 rings (SSSR count). The van der Waals surface area contributed by atoms with Crippen molar-refractivity contribution in [3.05, 3.63) is 131 Å². The highest BCUT2D eigenvalue weighted by Crippen LogP contribution is 2.27. The van der Waals surface area contributed by atoms with E-state index in [-0.39, 0.29) is 29.6 Å². The molecule has 0 saturated carbocycles. The third kappa shape index (κ3) is 7.36. The number of carbonyl (C=O) groups is 2. The molecule has 1 heterocycles. The Kier molecular flexibility index (Phi) is 9.18. The minimum Gasteiger partial charge on any atom is -0.370 e. The van der Waals surface area contributed by atoms with Crippen LogP contribution in [0.4, 0.5) is 24.5 Å².